The van der Waals surface area contributed by atoms with Crippen LogP contribution in [0.4, 0.5) is 0 Å². The molecule has 0 saturated carbocycles. The van der Waals surface area contributed by atoms with Gasteiger partial charge in [0.25, 0.3) is 0 Å². The second kappa shape index (κ2) is 19.4. The van der Waals surface area contributed by atoms with Crippen LogP contribution in [0.15, 0.2) is 0 Å². The molecule has 9 nitrogen and oxygen atoms in total. The summed E-state index contributed by atoms with van der Waals surface area (Å²) >= 11 is 0. The fourth-order valence-electron chi connectivity index (χ4n) is 0. The van der Waals surface area contributed by atoms with Crippen molar-refractivity contribution in [1.29, 1.82) is 0 Å². The van der Waals surface area contributed by atoms with Gasteiger partial charge in [-0.1, -0.05) is 0 Å². The predicted octanol–water partition coefficient (Wildman–Crippen LogP) is -6.82. The summed E-state index contributed by atoms with van der Waals surface area (Å²) in [5.74, 6) is -4.32. The Kier molecular flexibility index (Phi) is 29.3. The van der Waals surface area contributed by atoms with Crippen LogP contribution in [0.25, 0.3) is 0 Å². The van der Waals surface area contributed by atoms with Gasteiger partial charge in [0.05, 0.1) is 37.7 Å². The van der Waals surface area contributed by atoms with E-state index in [9.17, 15) is 0 Å². The van der Waals surface area contributed by atoms with Gasteiger partial charge in [-0.3, -0.25) is 0 Å². The Labute approximate surface area is 100 Å². The number of aliphatic hydroxyl groups excluding tert-OH is 3. The largest absolute Gasteiger partial charge is 3.00 e. The third-order valence-corrected chi connectivity index (χ3v) is 0.387. The number of aliphatic carboxylic acids is 3. The van der Waals surface area contributed by atoms with E-state index in [-0.39, 0.29) is 17.1 Å². The molecule has 0 aromatic carbocycles. The average Bonchev–Trinajstić information content (AvgIpc) is 2.19. The first-order valence-corrected chi connectivity index (χ1v) is 3.23. The number of aliphatic hydroxyl groups is 3. The van der Waals surface area contributed by atoms with Gasteiger partial charge in [0.2, 0.25) is 0 Å². The van der Waals surface area contributed by atoms with Crippen LogP contribution in [0.5, 0.6) is 0 Å². The van der Waals surface area contributed by atoms with Crippen molar-refractivity contribution in [2.75, 3.05) is 19.8 Å². The average molecular weight is 281 g/mol. The number of carbonyl (C=O) groups excluding carboxylic acids is 3. The van der Waals surface area contributed by atoms with E-state index in [4.69, 9.17) is 45.0 Å². The van der Waals surface area contributed by atoms with Crippen LogP contribution in [0.2, 0.25) is 0 Å². The molecule has 0 aliphatic carbocycles. The quantitative estimate of drug-likeness (QED) is 0.423. The standard InChI is InChI=1S/3C2H4O3.Fe/c3*3-1-2(4)5;/h3*3H,1H2,(H,4,5);/q;;;+3/p-3. The normalized spacial score (nSPS) is 6.94. The molecule has 0 atom stereocenters. The van der Waals surface area contributed by atoms with E-state index < -0.39 is 37.7 Å². The zero-order valence-corrected chi connectivity index (χ0v) is 8.87. The van der Waals surface area contributed by atoms with E-state index in [1.807, 2.05) is 0 Å². The van der Waals surface area contributed by atoms with E-state index >= 15 is 0 Å². The van der Waals surface area contributed by atoms with Crippen LogP contribution in [0, 0.1) is 0 Å². The Hall–Kier alpha value is -1.19. The van der Waals surface area contributed by atoms with Crippen molar-refractivity contribution in [3.63, 3.8) is 0 Å². The molecular formula is C6H9FeO9. The molecule has 0 amide bonds. The maximum absolute atomic E-state index is 9.01. The Bertz CT molecular complexity index is 159. The van der Waals surface area contributed by atoms with Gasteiger partial charge in [0, 0.05) is 0 Å². The Balaban J connectivity index is -0.0000000655. The summed E-state index contributed by atoms with van der Waals surface area (Å²) < 4.78 is 0. The molecule has 0 heterocycles. The molecule has 0 aliphatic heterocycles. The summed E-state index contributed by atoms with van der Waals surface area (Å²) in [5, 5.41) is 49.5. The third kappa shape index (κ3) is 77.2. The van der Waals surface area contributed by atoms with Gasteiger partial charge in [-0.05, 0) is 0 Å². The van der Waals surface area contributed by atoms with Crippen molar-refractivity contribution in [3.05, 3.63) is 0 Å². The van der Waals surface area contributed by atoms with Gasteiger partial charge >= 0.3 is 17.1 Å². The van der Waals surface area contributed by atoms with Crippen LogP contribution in [-0.4, -0.2) is 53.0 Å². The van der Waals surface area contributed by atoms with Gasteiger partial charge in [-0.25, -0.2) is 0 Å². The number of rotatable bonds is 3. The van der Waals surface area contributed by atoms with Gasteiger partial charge in [-0.15, -0.1) is 0 Å². The second-order valence-electron chi connectivity index (χ2n) is 1.59. The SMILES string of the molecule is O=C([O-])CO.O=C([O-])CO.O=C([O-])CO.[Fe+3]. The summed E-state index contributed by atoms with van der Waals surface area (Å²) in [6.45, 7) is -2.67. The molecule has 95 valence electrons. The molecule has 0 aromatic rings. The van der Waals surface area contributed by atoms with Crippen LogP contribution in [-0.2, 0) is 31.5 Å². The molecule has 0 bridgehead atoms. The van der Waals surface area contributed by atoms with Crippen molar-refractivity contribution >= 4 is 17.9 Å². The summed E-state index contributed by atoms with van der Waals surface area (Å²) in [6.07, 6.45) is 0. The fraction of sp³-hybridized carbons (Fsp3) is 0.500. The topological polar surface area (TPSA) is 181 Å². The Morgan fingerprint density at radius 2 is 0.750 bits per heavy atom. The minimum absolute atomic E-state index is 0. The Morgan fingerprint density at radius 1 is 0.688 bits per heavy atom. The van der Waals surface area contributed by atoms with E-state index in [2.05, 4.69) is 0 Å². The number of carboxylic acids is 3. The molecule has 16 heavy (non-hydrogen) atoms. The molecule has 1 radical (unpaired) electrons. The molecule has 10 heteroatoms. The molecule has 0 fully saturated rings. The molecule has 0 rings (SSSR count). The Morgan fingerprint density at radius 3 is 0.750 bits per heavy atom. The summed E-state index contributed by atoms with van der Waals surface area (Å²) in [4.78, 5) is 27.0. The van der Waals surface area contributed by atoms with Crippen molar-refractivity contribution in [3.8, 4) is 0 Å². The van der Waals surface area contributed by atoms with Crippen LogP contribution < -0.4 is 15.3 Å². The molecular weight excluding hydrogens is 272 g/mol. The number of carboxylic acid groups (broad SMARTS) is 3. The summed E-state index contributed by atoms with van der Waals surface area (Å²) in [7, 11) is 0. The molecule has 0 aliphatic rings. The van der Waals surface area contributed by atoms with Gasteiger partial charge < -0.3 is 45.0 Å². The van der Waals surface area contributed by atoms with Crippen LogP contribution in [0.3, 0.4) is 0 Å². The molecule has 0 saturated heterocycles. The van der Waals surface area contributed by atoms with Gasteiger partial charge in [0.15, 0.2) is 0 Å². The maximum Gasteiger partial charge on any atom is 3.00 e. The van der Waals surface area contributed by atoms with E-state index in [1.165, 1.54) is 0 Å². The zero-order chi connectivity index (χ0) is 12.9. The second-order valence-corrected chi connectivity index (χ2v) is 1.59. The molecule has 0 aromatic heterocycles. The van der Waals surface area contributed by atoms with E-state index in [0.717, 1.165) is 0 Å². The predicted molar refractivity (Wildman–Crippen MR) is 36.3 cm³/mol. The third-order valence-electron chi connectivity index (χ3n) is 0.387. The van der Waals surface area contributed by atoms with Gasteiger partial charge in [-0.2, -0.15) is 0 Å². The molecule has 0 spiro atoms. The first-order valence-electron chi connectivity index (χ1n) is 3.23. The van der Waals surface area contributed by atoms with Crippen LogP contribution in [0.1, 0.15) is 0 Å². The number of hydrogen-bond acceptors (Lipinski definition) is 9. The van der Waals surface area contributed by atoms with Crippen molar-refractivity contribution in [2.24, 2.45) is 0 Å². The van der Waals surface area contributed by atoms with Crippen molar-refractivity contribution in [2.45, 2.75) is 0 Å². The smallest absolute Gasteiger partial charge is 0.548 e. The minimum atomic E-state index is -1.44. The minimum Gasteiger partial charge on any atom is -0.548 e. The maximum atomic E-state index is 9.01. The molecule has 0 unspecified atom stereocenters. The molecule has 3 N–H and O–H groups in total. The van der Waals surface area contributed by atoms with Crippen LogP contribution >= 0.6 is 0 Å². The summed E-state index contributed by atoms with van der Waals surface area (Å²) in [5.41, 5.74) is 0. The fourth-order valence-corrected chi connectivity index (χ4v) is 0. The van der Waals surface area contributed by atoms with E-state index in [0.29, 0.717) is 0 Å². The van der Waals surface area contributed by atoms with Crippen molar-refractivity contribution in [1.82, 2.24) is 0 Å². The summed E-state index contributed by atoms with van der Waals surface area (Å²) in [6, 6.07) is 0. The van der Waals surface area contributed by atoms with Gasteiger partial charge in [0.1, 0.15) is 0 Å². The zero-order valence-electron chi connectivity index (χ0n) is 7.77. The number of hydrogen-bond donors (Lipinski definition) is 3. The number of carbonyl (C=O) groups is 3. The van der Waals surface area contributed by atoms with Crippen molar-refractivity contribution < 1.29 is 62.1 Å². The first kappa shape index (κ1) is 24.2. The van der Waals surface area contributed by atoms with E-state index in [1.54, 1.807) is 0 Å². The first-order chi connectivity index (χ1) is 6.81. The monoisotopic (exact) mass is 281 g/mol.